The Morgan fingerprint density at radius 3 is 2.75 bits per heavy atom. The van der Waals surface area contributed by atoms with Crippen LogP contribution in [0.15, 0.2) is 18.2 Å². The number of carbonyl (C=O) groups is 2. The Hall–Kier alpha value is -1.88. The Bertz CT molecular complexity index is 403. The smallest absolute Gasteiger partial charge is 0.337 e. The zero-order valence-corrected chi connectivity index (χ0v) is 8.59. The second kappa shape index (κ2) is 5.27. The van der Waals surface area contributed by atoms with Gasteiger partial charge in [-0.3, -0.25) is 0 Å². The molecule has 1 rings (SSSR count). The van der Waals surface area contributed by atoms with E-state index in [4.69, 9.17) is 10.8 Å². The van der Waals surface area contributed by atoms with E-state index in [9.17, 15) is 14.7 Å². The number of aliphatic hydroxyl groups excluding tert-OH is 1. The molecule has 1 aromatic carbocycles. The first kappa shape index (κ1) is 12.2. The third-order valence-electron chi connectivity index (χ3n) is 2.29. The third-order valence-corrected chi connectivity index (χ3v) is 2.29. The lowest BCUT2D eigenvalue weighted by atomic mass is 10.00. The van der Waals surface area contributed by atoms with Gasteiger partial charge in [0.15, 0.2) is 6.10 Å². The van der Waals surface area contributed by atoms with Crippen LogP contribution in [0.3, 0.4) is 0 Å². The highest BCUT2D eigenvalue weighted by atomic mass is 16.4. The maximum Gasteiger partial charge on any atom is 0.337 e. The number of hydrogen-bond donors (Lipinski definition) is 3. The Labute approximate surface area is 92.5 Å². The number of para-hydroxylation sites is 1. The summed E-state index contributed by atoms with van der Waals surface area (Å²) >= 11 is 0. The second-order valence-corrected chi connectivity index (χ2v) is 3.37. The minimum absolute atomic E-state index is 0.163. The first-order chi connectivity index (χ1) is 7.57. The Morgan fingerprint density at radius 1 is 1.50 bits per heavy atom. The quantitative estimate of drug-likeness (QED) is 0.499. The highest BCUT2D eigenvalue weighted by Gasteiger charge is 2.19. The molecule has 0 aliphatic rings. The fourth-order valence-electron chi connectivity index (χ4n) is 1.44. The molecule has 0 aliphatic heterocycles. The summed E-state index contributed by atoms with van der Waals surface area (Å²) in [6, 6.07) is 4.77. The maximum atomic E-state index is 10.6. The SMILES string of the molecule is Nc1c(CCC=O)cccc1C(O)C(=O)O. The zero-order valence-electron chi connectivity index (χ0n) is 8.59. The number of carboxylic acids is 1. The Kier molecular flexibility index (Phi) is 4.02. The van der Waals surface area contributed by atoms with Crippen LogP contribution in [0.2, 0.25) is 0 Å². The monoisotopic (exact) mass is 223 g/mol. The number of aliphatic hydroxyl groups is 1. The lowest BCUT2D eigenvalue weighted by Crippen LogP contribution is -2.13. The highest BCUT2D eigenvalue weighted by Crippen LogP contribution is 2.24. The van der Waals surface area contributed by atoms with Crippen LogP contribution in [-0.2, 0) is 16.0 Å². The van der Waals surface area contributed by atoms with Crippen LogP contribution in [0.5, 0.6) is 0 Å². The molecular weight excluding hydrogens is 210 g/mol. The molecule has 0 spiro atoms. The molecule has 0 heterocycles. The van der Waals surface area contributed by atoms with Crippen molar-refractivity contribution in [1.29, 1.82) is 0 Å². The minimum atomic E-state index is -1.63. The van der Waals surface area contributed by atoms with Gasteiger partial charge in [0, 0.05) is 17.7 Å². The van der Waals surface area contributed by atoms with Gasteiger partial charge in [-0.15, -0.1) is 0 Å². The predicted molar refractivity (Wildman–Crippen MR) is 57.8 cm³/mol. The van der Waals surface area contributed by atoms with Gasteiger partial charge in [-0.1, -0.05) is 18.2 Å². The van der Waals surface area contributed by atoms with Gasteiger partial charge < -0.3 is 20.7 Å². The first-order valence-corrected chi connectivity index (χ1v) is 4.79. The van der Waals surface area contributed by atoms with E-state index in [1.807, 2.05) is 0 Å². The number of nitrogens with two attached hydrogens (primary N) is 1. The van der Waals surface area contributed by atoms with Crippen molar-refractivity contribution in [2.24, 2.45) is 0 Å². The number of rotatable bonds is 5. The lowest BCUT2D eigenvalue weighted by molar-refractivity contribution is -0.146. The molecule has 1 unspecified atom stereocenters. The molecule has 0 amide bonds. The van der Waals surface area contributed by atoms with Crippen molar-refractivity contribution in [3.63, 3.8) is 0 Å². The molecule has 0 saturated heterocycles. The van der Waals surface area contributed by atoms with Crippen molar-refractivity contribution in [2.75, 3.05) is 5.73 Å². The van der Waals surface area contributed by atoms with Gasteiger partial charge in [0.1, 0.15) is 6.29 Å². The van der Waals surface area contributed by atoms with E-state index in [2.05, 4.69) is 0 Å². The number of benzene rings is 1. The summed E-state index contributed by atoms with van der Waals surface area (Å²) in [5.74, 6) is -1.35. The molecule has 0 radical (unpaired) electrons. The molecule has 1 atom stereocenters. The molecule has 0 aliphatic carbocycles. The molecule has 0 saturated carbocycles. The molecule has 0 fully saturated rings. The van der Waals surface area contributed by atoms with E-state index in [1.54, 1.807) is 12.1 Å². The minimum Gasteiger partial charge on any atom is -0.479 e. The molecule has 16 heavy (non-hydrogen) atoms. The molecule has 4 N–H and O–H groups in total. The molecule has 5 heteroatoms. The average molecular weight is 223 g/mol. The van der Waals surface area contributed by atoms with Gasteiger partial charge in [-0.05, 0) is 12.0 Å². The largest absolute Gasteiger partial charge is 0.479 e. The molecule has 0 bridgehead atoms. The van der Waals surface area contributed by atoms with Gasteiger partial charge in [0.25, 0.3) is 0 Å². The van der Waals surface area contributed by atoms with E-state index in [0.717, 1.165) is 6.29 Å². The lowest BCUT2D eigenvalue weighted by Gasteiger charge is -2.12. The summed E-state index contributed by atoms with van der Waals surface area (Å²) in [6.07, 6.45) is -0.109. The van der Waals surface area contributed by atoms with Gasteiger partial charge in [-0.2, -0.15) is 0 Å². The number of aliphatic carboxylic acids is 1. The van der Waals surface area contributed by atoms with Crippen LogP contribution in [0.25, 0.3) is 0 Å². The van der Waals surface area contributed by atoms with Crippen LogP contribution < -0.4 is 5.73 Å². The fourth-order valence-corrected chi connectivity index (χ4v) is 1.44. The van der Waals surface area contributed by atoms with Gasteiger partial charge in [-0.25, -0.2) is 4.79 Å². The highest BCUT2D eigenvalue weighted by molar-refractivity contribution is 5.77. The fraction of sp³-hybridized carbons (Fsp3) is 0.273. The van der Waals surface area contributed by atoms with Crippen molar-refractivity contribution in [2.45, 2.75) is 18.9 Å². The number of nitrogen functional groups attached to an aromatic ring is 1. The van der Waals surface area contributed by atoms with Gasteiger partial charge in [0.2, 0.25) is 0 Å². The first-order valence-electron chi connectivity index (χ1n) is 4.79. The van der Waals surface area contributed by atoms with Gasteiger partial charge >= 0.3 is 5.97 Å². The number of hydrogen-bond acceptors (Lipinski definition) is 4. The second-order valence-electron chi connectivity index (χ2n) is 3.37. The normalized spacial score (nSPS) is 12.1. The van der Waals surface area contributed by atoms with Crippen molar-refractivity contribution in [3.8, 4) is 0 Å². The predicted octanol–water partition coefficient (Wildman–Crippen LogP) is 0.518. The number of aldehydes is 1. The summed E-state index contributed by atoms with van der Waals surface area (Å²) in [7, 11) is 0. The summed E-state index contributed by atoms with van der Waals surface area (Å²) in [4.78, 5) is 20.8. The van der Waals surface area contributed by atoms with Crippen molar-refractivity contribution >= 4 is 17.9 Å². The number of aryl methyl sites for hydroxylation is 1. The average Bonchev–Trinajstić information content (AvgIpc) is 2.26. The summed E-state index contributed by atoms with van der Waals surface area (Å²) in [5, 5.41) is 18.0. The van der Waals surface area contributed by atoms with Crippen LogP contribution in [-0.4, -0.2) is 22.5 Å². The molecule has 5 nitrogen and oxygen atoms in total. The van der Waals surface area contributed by atoms with E-state index >= 15 is 0 Å². The van der Waals surface area contributed by atoms with Crippen LogP contribution in [0.1, 0.15) is 23.7 Å². The summed E-state index contributed by atoms with van der Waals surface area (Å²) in [6.45, 7) is 0. The van der Waals surface area contributed by atoms with E-state index in [-0.39, 0.29) is 11.3 Å². The third kappa shape index (κ3) is 2.58. The number of carbonyl (C=O) groups excluding carboxylic acids is 1. The maximum absolute atomic E-state index is 10.6. The van der Waals surface area contributed by atoms with Crippen LogP contribution in [0, 0.1) is 0 Å². The van der Waals surface area contributed by atoms with E-state index < -0.39 is 12.1 Å². The number of carboxylic acid groups (broad SMARTS) is 1. The molecular formula is C11H13NO4. The van der Waals surface area contributed by atoms with Crippen molar-refractivity contribution in [1.82, 2.24) is 0 Å². The molecule has 86 valence electrons. The molecule has 0 aromatic heterocycles. The Morgan fingerprint density at radius 2 is 2.19 bits per heavy atom. The van der Waals surface area contributed by atoms with Crippen LogP contribution >= 0.6 is 0 Å². The zero-order chi connectivity index (χ0) is 12.1. The Balaban J connectivity index is 3.03. The van der Waals surface area contributed by atoms with E-state index in [1.165, 1.54) is 6.07 Å². The van der Waals surface area contributed by atoms with Crippen molar-refractivity contribution < 1.29 is 19.8 Å². The standard InChI is InChI=1S/C11H13NO4/c12-9-7(4-2-6-13)3-1-5-8(9)10(14)11(15)16/h1,3,5-6,10,14H,2,4,12H2,(H,15,16). The number of anilines is 1. The van der Waals surface area contributed by atoms with Gasteiger partial charge in [0.05, 0.1) is 0 Å². The van der Waals surface area contributed by atoms with Crippen LogP contribution in [0.4, 0.5) is 5.69 Å². The van der Waals surface area contributed by atoms with E-state index in [0.29, 0.717) is 18.4 Å². The van der Waals surface area contributed by atoms with Crippen molar-refractivity contribution in [3.05, 3.63) is 29.3 Å². The summed E-state index contributed by atoms with van der Waals surface area (Å²) in [5.41, 5.74) is 6.79. The summed E-state index contributed by atoms with van der Waals surface area (Å²) < 4.78 is 0. The molecule has 1 aromatic rings. The topological polar surface area (TPSA) is 101 Å².